The van der Waals surface area contributed by atoms with Crippen LogP contribution in [0.1, 0.15) is 25.0 Å². The molecule has 3 heteroatoms. The van der Waals surface area contributed by atoms with E-state index < -0.39 is 5.60 Å². The van der Waals surface area contributed by atoms with E-state index >= 15 is 0 Å². The van der Waals surface area contributed by atoms with Crippen molar-refractivity contribution in [3.8, 4) is 11.5 Å². The van der Waals surface area contributed by atoms with Crippen LogP contribution in [0.2, 0.25) is 0 Å². The third-order valence-corrected chi connectivity index (χ3v) is 2.55. The molecule has 3 nitrogen and oxygen atoms in total. The zero-order chi connectivity index (χ0) is 11.1. The van der Waals surface area contributed by atoms with Gasteiger partial charge < -0.3 is 14.6 Å². The van der Waals surface area contributed by atoms with Crippen molar-refractivity contribution < 1.29 is 14.6 Å². The standard InChI is InChI=1S/C12H16O3/c1-8-6-10-11(15-5-4-14-10)7-9(8)12(2,3)13/h6-7,13H,4-5H2,1-3H3. The Hall–Kier alpha value is -1.22. The monoisotopic (exact) mass is 208 g/mol. The van der Waals surface area contributed by atoms with E-state index in [2.05, 4.69) is 0 Å². The summed E-state index contributed by atoms with van der Waals surface area (Å²) in [6.07, 6.45) is 0. The number of fused-ring (bicyclic) bond motifs is 1. The highest BCUT2D eigenvalue weighted by Gasteiger charge is 2.22. The lowest BCUT2D eigenvalue weighted by Gasteiger charge is -2.25. The summed E-state index contributed by atoms with van der Waals surface area (Å²) < 4.78 is 10.9. The van der Waals surface area contributed by atoms with Crippen LogP contribution in [0, 0.1) is 6.92 Å². The molecule has 0 bridgehead atoms. The molecule has 0 aromatic heterocycles. The minimum Gasteiger partial charge on any atom is -0.486 e. The van der Waals surface area contributed by atoms with E-state index in [4.69, 9.17) is 9.47 Å². The maximum atomic E-state index is 9.98. The van der Waals surface area contributed by atoms with Gasteiger partial charge in [-0.05, 0) is 44.0 Å². The van der Waals surface area contributed by atoms with Gasteiger partial charge in [0.25, 0.3) is 0 Å². The highest BCUT2D eigenvalue weighted by atomic mass is 16.6. The fourth-order valence-corrected chi connectivity index (χ4v) is 1.85. The summed E-state index contributed by atoms with van der Waals surface area (Å²) in [5.74, 6) is 1.50. The van der Waals surface area contributed by atoms with Crippen molar-refractivity contribution in [2.75, 3.05) is 13.2 Å². The molecule has 0 fully saturated rings. The molecule has 82 valence electrons. The van der Waals surface area contributed by atoms with Gasteiger partial charge in [-0.1, -0.05) is 0 Å². The van der Waals surface area contributed by atoms with E-state index in [0.717, 1.165) is 22.6 Å². The van der Waals surface area contributed by atoms with Crippen LogP contribution in [-0.4, -0.2) is 18.3 Å². The normalized spacial score (nSPS) is 15.2. The van der Waals surface area contributed by atoms with Gasteiger partial charge in [-0.15, -0.1) is 0 Å². The number of hydrogen-bond acceptors (Lipinski definition) is 3. The first kappa shape index (κ1) is 10.3. The second kappa shape index (κ2) is 3.42. The van der Waals surface area contributed by atoms with Crippen molar-refractivity contribution in [1.29, 1.82) is 0 Å². The summed E-state index contributed by atoms with van der Waals surface area (Å²) in [7, 11) is 0. The van der Waals surface area contributed by atoms with E-state index in [9.17, 15) is 5.11 Å². The molecule has 0 unspecified atom stereocenters. The maximum absolute atomic E-state index is 9.98. The Morgan fingerprint density at radius 2 is 1.67 bits per heavy atom. The van der Waals surface area contributed by atoms with Gasteiger partial charge in [0.1, 0.15) is 13.2 Å². The van der Waals surface area contributed by atoms with Crippen molar-refractivity contribution >= 4 is 0 Å². The fraction of sp³-hybridized carbons (Fsp3) is 0.500. The average molecular weight is 208 g/mol. The second-order valence-electron chi connectivity index (χ2n) is 4.37. The lowest BCUT2D eigenvalue weighted by Crippen LogP contribution is -2.20. The van der Waals surface area contributed by atoms with Gasteiger partial charge in [0.05, 0.1) is 5.60 Å². The smallest absolute Gasteiger partial charge is 0.161 e. The molecule has 0 spiro atoms. The van der Waals surface area contributed by atoms with Crippen LogP contribution in [0.3, 0.4) is 0 Å². The number of aryl methyl sites for hydroxylation is 1. The van der Waals surface area contributed by atoms with Crippen LogP contribution in [-0.2, 0) is 5.60 Å². The molecule has 1 aromatic rings. The first-order valence-electron chi connectivity index (χ1n) is 5.11. The van der Waals surface area contributed by atoms with Crippen molar-refractivity contribution in [2.45, 2.75) is 26.4 Å². The van der Waals surface area contributed by atoms with Crippen LogP contribution < -0.4 is 9.47 Å². The largest absolute Gasteiger partial charge is 0.486 e. The van der Waals surface area contributed by atoms with Gasteiger partial charge in [-0.3, -0.25) is 0 Å². The first-order chi connectivity index (χ1) is 6.98. The van der Waals surface area contributed by atoms with Crippen molar-refractivity contribution in [1.82, 2.24) is 0 Å². The van der Waals surface area contributed by atoms with Crippen LogP contribution in [0.5, 0.6) is 11.5 Å². The van der Waals surface area contributed by atoms with Gasteiger partial charge in [-0.2, -0.15) is 0 Å². The molecular formula is C12H16O3. The predicted octanol–water partition coefficient (Wildman–Crippen LogP) is 1.99. The maximum Gasteiger partial charge on any atom is 0.161 e. The van der Waals surface area contributed by atoms with E-state index in [1.807, 2.05) is 19.1 Å². The summed E-state index contributed by atoms with van der Waals surface area (Å²) in [6, 6.07) is 3.78. The summed E-state index contributed by atoms with van der Waals surface area (Å²) in [4.78, 5) is 0. The molecule has 1 aliphatic rings. The Labute approximate surface area is 89.6 Å². The minimum atomic E-state index is -0.847. The van der Waals surface area contributed by atoms with E-state index in [-0.39, 0.29) is 0 Å². The number of rotatable bonds is 1. The Morgan fingerprint density at radius 1 is 1.13 bits per heavy atom. The molecule has 0 amide bonds. The molecule has 0 saturated heterocycles. The first-order valence-corrected chi connectivity index (χ1v) is 5.11. The molecule has 0 aliphatic carbocycles. The van der Waals surface area contributed by atoms with Gasteiger partial charge in [-0.25, -0.2) is 0 Å². The van der Waals surface area contributed by atoms with Crippen molar-refractivity contribution in [3.05, 3.63) is 23.3 Å². The SMILES string of the molecule is Cc1cc2c(cc1C(C)(C)O)OCCO2. The quantitative estimate of drug-likeness (QED) is 0.767. The Bertz CT molecular complexity index is 377. The summed E-state index contributed by atoms with van der Waals surface area (Å²) in [6.45, 7) is 6.66. The number of benzene rings is 1. The molecule has 2 rings (SSSR count). The van der Waals surface area contributed by atoms with Crippen LogP contribution in [0.25, 0.3) is 0 Å². The summed E-state index contributed by atoms with van der Waals surface area (Å²) in [5, 5.41) is 9.98. The molecule has 0 saturated carbocycles. The van der Waals surface area contributed by atoms with E-state index in [0.29, 0.717) is 13.2 Å². The van der Waals surface area contributed by atoms with E-state index in [1.54, 1.807) is 13.8 Å². The number of hydrogen-bond donors (Lipinski definition) is 1. The average Bonchev–Trinajstić information content (AvgIpc) is 2.15. The molecule has 0 atom stereocenters. The fourth-order valence-electron chi connectivity index (χ4n) is 1.85. The second-order valence-corrected chi connectivity index (χ2v) is 4.37. The lowest BCUT2D eigenvalue weighted by atomic mass is 9.93. The summed E-state index contributed by atoms with van der Waals surface area (Å²) >= 11 is 0. The Morgan fingerprint density at radius 3 is 2.20 bits per heavy atom. The third kappa shape index (κ3) is 1.92. The Kier molecular flexibility index (Phi) is 2.35. The highest BCUT2D eigenvalue weighted by Crippen LogP contribution is 2.36. The minimum absolute atomic E-state index is 0.571. The van der Waals surface area contributed by atoms with Gasteiger partial charge in [0.2, 0.25) is 0 Å². The topological polar surface area (TPSA) is 38.7 Å². The van der Waals surface area contributed by atoms with Crippen molar-refractivity contribution in [3.63, 3.8) is 0 Å². The third-order valence-electron chi connectivity index (χ3n) is 2.55. The molecule has 1 aliphatic heterocycles. The zero-order valence-corrected chi connectivity index (χ0v) is 9.33. The zero-order valence-electron chi connectivity index (χ0n) is 9.33. The van der Waals surface area contributed by atoms with Gasteiger partial charge in [0, 0.05) is 0 Å². The van der Waals surface area contributed by atoms with Crippen LogP contribution in [0.15, 0.2) is 12.1 Å². The van der Waals surface area contributed by atoms with Crippen LogP contribution >= 0.6 is 0 Å². The van der Waals surface area contributed by atoms with Crippen molar-refractivity contribution in [2.24, 2.45) is 0 Å². The lowest BCUT2D eigenvalue weighted by molar-refractivity contribution is 0.0769. The summed E-state index contributed by atoms with van der Waals surface area (Å²) in [5.41, 5.74) is 1.05. The molecule has 0 radical (unpaired) electrons. The molecule has 1 heterocycles. The van der Waals surface area contributed by atoms with Gasteiger partial charge >= 0.3 is 0 Å². The molecule has 15 heavy (non-hydrogen) atoms. The molecular weight excluding hydrogens is 192 g/mol. The predicted molar refractivity (Wildman–Crippen MR) is 57.4 cm³/mol. The highest BCUT2D eigenvalue weighted by molar-refractivity contribution is 5.49. The van der Waals surface area contributed by atoms with Crippen LogP contribution in [0.4, 0.5) is 0 Å². The number of aliphatic hydroxyl groups is 1. The molecule has 1 N–H and O–H groups in total. The number of ether oxygens (including phenoxy) is 2. The Balaban J connectivity index is 2.50. The van der Waals surface area contributed by atoms with Gasteiger partial charge in [0.15, 0.2) is 11.5 Å². The van der Waals surface area contributed by atoms with E-state index in [1.165, 1.54) is 0 Å². The molecule has 1 aromatic carbocycles.